The SMILES string of the molecule is CCCN(CCC)C(=O)C(=O)NC1CC(C)(C)NC(C)(C)C1. The minimum Gasteiger partial charge on any atom is -0.345 e. The maximum atomic E-state index is 12.3. The summed E-state index contributed by atoms with van der Waals surface area (Å²) < 4.78 is 0. The second kappa shape index (κ2) is 7.44. The van der Waals surface area contributed by atoms with E-state index in [-0.39, 0.29) is 17.1 Å². The van der Waals surface area contributed by atoms with Crippen LogP contribution in [0.15, 0.2) is 0 Å². The van der Waals surface area contributed by atoms with E-state index in [1.807, 2.05) is 13.8 Å². The molecule has 2 amide bonds. The lowest BCUT2D eigenvalue weighted by Crippen LogP contribution is -2.63. The van der Waals surface area contributed by atoms with E-state index in [9.17, 15) is 9.59 Å². The number of carbonyl (C=O) groups is 2. The van der Waals surface area contributed by atoms with Crippen LogP contribution in [-0.2, 0) is 9.59 Å². The number of hydrogen-bond donors (Lipinski definition) is 2. The molecule has 0 aromatic heterocycles. The highest BCUT2D eigenvalue weighted by Gasteiger charge is 2.39. The first-order valence-electron chi connectivity index (χ1n) is 8.49. The van der Waals surface area contributed by atoms with Crippen molar-refractivity contribution in [3.05, 3.63) is 0 Å². The Hall–Kier alpha value is -1.10. The van der Waals surface area contributed by atoms with E-state index >= 15 is 0 Å². The minimum absolute atomic E-state index is 0.0350. The number of amides is 2. The zero-order valence-electron chi connectivity index (χ0n) is 15.1. The van der Waals surface area contributed by atoms with Gasteiger partial charge >= 0.3 is 11.8 Å². The summed E-state index contributed by atoms with van der Waals surface area (Å²) in [5.41, 5.74) is -0.0927. The van der Waals surface area contributed by atoms with E-state index in [1.165, 1.54) is 0 Å². The lowest BCUT2D eigenvalue weighted by molar-refractivity contribution is -0.146. The van der Waals surface area contributed by atoms with Gasteiger partial charge < -0.3 is 15.5 Å². The lowest BCUT2D eigenvalue weighted by Gasteiger charge is -2.46. The zero-order chi connectivity index (χ0) is 17.0. The molecular formula is C17H33N3O2. The summed E-state index contributed by atoms with van der Waals surface area (Å²) in [5, 5.41) is 6.54. The van der Waals surface area contributed by atoms with Crippen LogP contribution >= 0.6 is 0 Å². The Morgan fingerprint density at radius 3 is 1.91 bits per heavy atom. The normalized spacial score (nSPS) is 20.5. The lowest BCUT2D eigenvalue weighted by atomic mass is 9.79. The molecule has 0 saturated carbocycles. The van der Waals surface area contributed by atoms with Crippen molar-refractivity contribution >= 4 is 11.8 Å². The monoisotopic (exact) mass is 311 g/mol. The molecule has 2 N–H and O–H groups in total. The number of rotatable bonds is 5. The van der Waals surface area contributed by atoms with Gasteiger partial charge in [-0.3, -0.25) is 9.59 Å². The fraction of sp³-hybridized carbons (Fsp3) is 0.882. The van der Waals surface area contributed by atoms with Gasteiger partial charge in [0.25, 0.3) is 0 Å². The van der Waals surface area contributed by atoms with Gasteiger partial charge in [-0.05, 0) is 53.4 Å². The Morgan fingerprint density at radius 2 is 1.50 bits per heavy atom. The molecule has 22 heavy (non-hydrogen) atoms. The van der Waals surface area contributed by atoms with Crippen LogP contribution in [-0.4, -0.2) is 46.9 Å². The first kappa shape index (κ1) is 18.9. The highest BCUT2D eigenvalue weighted by Crippen LogP contribution is 2.28. The molecule has 5 nitrogen and oxygen atoms in total. The van der Waals surface area contributed by atoms with Crippen LogP contribution in [0.4, 0.5) is 0 Å². The van der Waals surface area contributed by atoms with E-state index in [0.29, 0.717) is 13.1 Å². The molecule has 1 rings (SSSR count). The molecule has 1 heterocycles. The molecule has 1 aliphatic rings. The van der Waals surface area contributed by atoms with Gasteiger partial charge in [-0.15, -0.1) is 0 Å². The van der Waals surface area contributed by atoms with Gasteiger partial charge in [0.15, 0.2) is 0 Å². The van der Waals surface area contributed by atoms with Crippen molar-refractivity contribution in [2.45, 2.75) is 84.3 Å². The van der Waals surface area contributed by atoms with Gasteiger partial charge in [0.1, 0.15) is 0 Å². The third-order valence-electron chi connectivity index (χ3n) is 3.99. The smallest absolute Gasteiger partial charge is 0.311 e. The molecule has 0 atom stereocenters. The van der Waals surface area contributed by atoms with Gasteiger partial charge in [0.2, 0.25) is 0 Å². The molecule has 0 aliphatic carbocycles. The average molecular weight is 311 g/mol. The molecule has 128 valence electrons. The summed E-state index contributed by atoms with van der Waals surface area (Å²) in [7, 11) is 0. The Balaban J connectivity index is 2.68. The maximum absolute atomic E-state index is 12.3. The number of carbonyl (C=O) groups excluding carboxylic acids is 2. The summed E-state index contributed by atoms with van der Waals surface area (Å²) in [6, 6.07) is 0.0350. The van der Waals surface area contributed by atoms with Crippen LogP contribution in [0.25, 0.3) is 0 Å². The Kier molecular flexibility index (Phi) is 6.41. The molecule has 1 fully saturated rings. The topological polar surface area (TPSA) is 61.4 Å². The number of hydrogen-bond acceptors (Lipinski definition) is 3. The van der Waals surface area contributed by atoms with E-state index in [2.05, 4.69) is 38.3 Å². The first-order chi connectivity index (χ1) is 10.1. The van der Waals surface area contributed by atoms with Crippen molar-refractivity contribution in [2.24, 2.45) is 0 Å². The van der Waals surface area contributed by atoms with Crippen molar-refractivity contribution in [2.75, 3.05) is 13.1 Å². The van der Waals surface area contributed by atoms with Crippen molar-refractivity contribution in [1.29, 1.82) is 0 Å². The molecule has 1 saturated heterocycles. The van der Waals surface area contributed by atoms with Crippen LogP contribution in [0.1, 0.15) is 67.2 Å². The molecule has 0 aromatic rings. The van der Waals surface area contributed by atoms with Crippen molar-refractivity contribution in [1.82, 2.24) is 15.5 Å². The number of nitrogens with zero attached hydrogens (tertiary/aromatic N) is 1. The summed E-state index contributed by atoms with van der Waals surface area (Å²) in [4.78, 5) is 26.3. The molecule has 5 heteroatoms. The van der Waals surface area contributed by atoms with Crippen molar-refractivity contribution < 1.29 is 9.59 Å². The van der Waals surface area contributed by atoms with E-state index in [0.717, 1.165) is 25.7 Å². The third kappa shape index (κ3) is 5.59. The largest absolute Gasteiger partial charge is 0.345 e. The molecule has 0 bridgehead atoms. The molecule has 1 aliphatic heterocycles. The van der Waals surface area contributed by atoms with Gasteiger partial charge in [-0.2, -0.15) is 0 Å². The summed E-state index contributed by atoms with van der Waals surface area (Å²) in [5.74, 6) is -0.849. The summed E-state index contributed by atoms with van der Waals surface area (Å²) >= 11 is 0. The molecule has 0 aromatic carbocycles. The Bertz CT molecular complexity index is 383. The number of piperidine rings is 1. The summed E-state index contributed by atoms with van der Waals surface area (Å²) in [6.07, 6.45) is 3.40. The Morgan fingerprint density at radius 1 is 1.05 bits per heavy atom. The fourth-order valence-corrected chi connectivity index (χ4v) is 3.67. The van der Waals surface area contributed by atoms with Crippen LogP contribution in [0.2, 0.25) is 0 Å². The first-order valence-corrected chi connectivity index (χ1v) is 8.49. The van der Waals surface area contributed by atoms with Crippen LogP contribution in [0, 0.1) is 0 Å². The van der Waals surface area contributed by atoms with E-state index in [4.69, 9.17) is 0 Å². The predicted molar refractivity (Wildman–Crippen MR) is 89.6 cm³/mol. The highest BCUT2D eigenvalue weighted by molar-refractivity contribution is 6.35. The standard InChI is InChI=1S/C17H33N3O2/c1-7-9-20(10-8-2)15(22)14(21)18-13-11-16(3,4)19-17(5,6)12-13/h13,19H,7-12H2,1-6H3,(H,18,21). The van der Waals surface area contributed by atoms with Crippen LogP contribution in [0.3, 0.4) is 0 Å². The van der Waals surface area contributed by atoms with Crippen molar-refractivity contribution in [3.63, 3.8) is 0 Å². The predicted octanol–water partition coefficient (Wildman–Crippen LogP) is 2.06. The molecular weight excluding hydrogens is 278 g/mol. The maximum Gasteiger partial charge on any atom is 0.311 e. The van der Waals surface area contributed by atoms with Gasteiger partial charge in [0, 0.05) is 30.2 Å². The third-order valence-corrected chi connectivity index (χ3v) is 3.99. The molecule has 0 spiro atoms. The number of nitrogens with one attached hydrogen (secondary N) is 2. The molecule has 0 unspecified atom stereocenters. The second-order valence-corrected chi connectivity index (χ2v) is 7.76. The van der Waals surface area contributed by atoms with Crippen LogP contribution < -0.4 is 10.6 Å². The van der Waals surface area contributed by atoms with E-state index < -0.39 is 11.8 Å². The minimum atomic E-state index is -0.458. The van der Waals surface area contributed by atoms with E-state index in [1.54, 1.807) is 4.90 Å². The highest BCUT2D eigenvalue weighted by atomic mass is 16.2. The van der Waals surface area contributed by atoms with Crippen molar-refractivity contribution in [3.8, 4) is 0 Å². The average Bonchev–Trinajstić information content (AvgIpc) is 2.33. The summed E-state index contributed by atoms with van der Waals surface area (Å²) in [6.45, 7) is 13.9. The van der Waals surface area contributed by atoms with Gasteiger partial charge in [-0.1, -0.05) is 13.8 Å². The zero-order valence-corrected chi connectivity index (χ0v) is 15.1. The second-order valence-electron chi connectivity index (χ2n) is 7.76. The molecule has 0 radical (unpaired) electrons. The Labute approximate surface area is 135 Å². The van der Waals surface area contributed by atoms with Gasteiger partial charge in [-0.25, -0.2) is 0 Å². The van der Waals surface area contributed by atoms with Crippen LogP contribution in [0.5, 0.6) is 0 Å². The fourth-order valence-electron chi connectivity index (χ4n) is 3.67. The quantitative estimate of drug-likeness (QED) is 0.764. The van der Waals surface area contributed by atoms with Gasteiger partial charge in [0.05, 0.1) is 0 Å².